The number of quaternary nitrogens is 1. The van der Waals surface area contributed by atoms with Crippen LogP contribution < -0.4 is 9.62 Å². The molecule has 29 heavy (non-hydrogen) atoms. The summed E-state index contributed by atoms with van der Waals surface area (Å²) in [6.45, 7) is 3.64. The molecule has 3 rings (SSSR count). The van der Waals surface area contributed by atoms with Gasteiger partial charge in [-0.15, -0.1) is 0 Å². The first-order chi connectivity index (χ1) is 13.8. The van der Waals surface area contributed by atoms with Crippen molar-refractivity contribution in [3.8, 4) is 6.07 Å². The Morgan fingerprint density at radius 2 is 1.79 bits per heavy atom. The van der Waals surface area contributed by atoms with Crippen LogP contribution in [0.4, 0.5) is 0 Å². The number of benzene rings is 1. The van der Waals surface area contributed by atoms with Crippen LogP contribution in [0.5, 0.6) is 0 Å². The van der Waals surface area contributed by atoms with Crippen molar-refractivity contribution >= 4 is 20.0 Å². The molecule has 1 aromatic carbocycles. The molecule has 0 radical (unpaired) electrons. The van der Waals surface area contributed by atoms with Crippen LogP contribution in [0.3, 0.4) is 0 Å². The molecule has 2 aliphatic rings. The average molecular weight is 444 g/mol. The smallest absolute Gasteiger partial charge is 0.243 e. The molecule has 2 heterocycles. The zero-order valence-corrected chi connectivity index (χ0v) is 17.8. The van der Waals surface area contributed by atoms with Gasteiger partial charge in [0, 0.05) is 13.2 Å². The van der Waals surface area contributed by atoms with Crippen molar-refractivity contribution in [2.75, 3.05) is 45.9 Å². The number of ether oxygens (including phenoxy) is 1. The third-order valence-corrected chi connectivity index (χ3v) is 8.67. The lowest BCUT2D eigenvalue weighted by Crippen LogP contribution is -3.14. The fourth-order valence-electron chi connectivity index (χ4n) is 3.56. The first-order valence-corrected chi connectivity index (χ1v) is 12.7. The molecule has 0 bridgehead atoms. The summed E-state index contributed by atoms with van der Waals surface area (Å²) in [7, 11) is -7.39. The molecule has 9 nitrogen and oxygen atoms in total. The predicted molar refractivity (Wildman–Crippen MR) is 105 cm³/mol. The van der Waals surface area contributed by atoms with E-state index in [4.69, 9.17) is 10.00 Å². The van der Waals surface area contributed by atoms with Crippen molar-refractivity contribution in [1.29, 1.82) is 5.26 Å². The molecule has 1 atom stereocenters. The summed E-state index contributed by atoms with van der Waals surface area (Å²) >= 11 is 0. The van der Waals surface area contributed by atoms with E-state index in [-0.39, 0.29) is 22.4 Å². The second-order valence-electron chi connectivity index (χ2n) is 7.27. The van der Waals surface area contributed by atoms with Gasteiger partial charge in [0.15, 0.2) is 0 Å². The van der Waals surface area contributed by atoms with Crippen LogP contribution in [0.25, 0.3) is 0 Å². The van der Waals surface area contributed by atoms with E-state index in [1.54, 1.807) is 0 Å². The fraction of sp³-hybridized carbons (Fsp3) is 0.611. The van der Waals surface area contributed by atoms with E-state index in [1.165, 1.54) is 33.5 Å². The Hall–Kier alpha value is -1.55. The summed E-state index contributed by atoms with van der Waals surface area (Å²) in [6, 6.07) is 7.42. The molecular weight excluding hydrogens is 416 g/mol. The number of sulfonamides is 2. The number of nitrogens with one attached hydrogen (secondary N) is 2. The highest BCUT2D eigenvalue weighted by atomic mass is 32.2. The highest BCUT2D eigenvalue weighted by Gasteiger charge is 2.30. The van der Waals surface area contributed by atoms with E-state index in [0.717, 1.165) is 19.4 Å². The zero-order chi connectivity index (χ0) is 20.9. The Kier molecular flexibility index (Phi) is 7.26. The van der Waals surface area contributed by atoms with Crippen molar-refractivity contribution < 1.29 is 26.5 Å². The second-order valence-corrected chi connectivity index (χ2v) is 11.0. The van der Waals surface area contributed by atoms with Crippen LogP contribution in [-0.4, -0.2) is 73.1 Å². The summed E-state index contributed by atoms with van der Waals surface area (Å²) in [4.78, 5) is 1.33. The van der Waals surface area contributed by atoms with Gasteiger partial charge in [-0.1, -0.05) is 0 Å². The normalized spacial score (nSPS) is 21.8. The Balaban J connectivity index is 1.62. The minimum absolute atomic E-state index is 0.0280. The predicted octanol–water partition coefficient (Wildman–Crippen LogP) is -1.05. The van der Waals surface area contributed by atoms with Crippen molar-refractivity contribution in [3.63, 3.8) is 0 Å². The van der Waals surface area contributed by atoms with E-state index in [0.29, 0.717) is 39.2 Å². The van der Waals surface area contributed by atoms with Gasteiger partial charge in [0.1, 0.15) is 0 Å². The molecule has 0 aromatic heterocycles. The Morgan fingerprint density at radius 1 is 1.14 bits per heavy atom. The number of nitrogens with zero attached hydrogens (tertiary/aromatic N) is 2. The van der Waals surface area contributed by atoms with Crippen molar-refractivity contribution in [1.82, 2.24) is 9.03 Å². The van der Waals surface area contributed by atoms with Crippen LogP contribution >= 0.6 is 0 Å². The maximum absolute atomic E-state index is 12.9. The van der Waals surface area contributed by atoms with Gasteiger partial charge < -0.3 is 9.64 Å². The summed E-state index contributed by atoms with van der Waals surface area (Å²) < 4.78 is 59.9. The third-order valence-electron chi connectivity index (χ3n) is 5.32. The van der Waals surface area contributed by atoms with Crippen LogP contribution in [0.2, 0.25) is 0 Å². The fourth-order valence-corrected chi connectivity index (χ4v) is 6.06. The molecule has 2 saturated heterocycles. The highest BCUT2D eigenvalue weighted by molar-refractivity contribution is 7.89. The second kappa shape index (κ2) is 9.51. The maximum atomic E-state index is 12.9. The van der Waals surface area contributed by atoms with E-state index >= 15 is 0 Å². The maximum Gasteiger partial charge on any atom is 0.243 e. The molecule has 0 spiro atoms. The lowest BCUT2D eigenvalue weighted by atomic mass is 10.2. The molecule has 2 N–H and O–H groups in total. The van der Waals surface area contributed by atoms with E-state index in [9.17, 15) is 16.8 Å². The topological polar surface area (TPSA) is 121 Å². The van der Waals surface area contributed by atoms with Crippen LogP contribution in [0.1, 0.15) is 19.3 Å². The Bertz CT molecular complexity index is 927. The van der Waals surface area contributed by atoms with Gasteiger partial charge in [0.25, 0.3) is 0 Å². The molecule has 1 unspecified atom stereocenters. The monoisotopic (exact) mass is 443 g/mol. The van der Waals surface area contributed by atoms with Crippen LogP contribution in [0, 0.1) is 11.3 Å². The third kappa shape index (κ3) is 5.53. The molecule has 2 aliphatic heterocycles. The molecule has 1 aromatic rings. The SMILES string of the molecule is N#CCC[NH+]1CCN(S(=O)(=O)c2ccc(S(=O)(=O)NCC3CCCO3)cc2)CC1. The van der Waals surface area contributed by atoms with Gasteiger partial charge in [0.2, 0.25) is 20.0 Å². The largest absolute Gasteiger partial charge is 0.377 e. The van der Waals surface area contributed by atoms with E-state index in [2.05, 4.69) is 10.8 Å². The van der Waals surface area contributed by atoms with Gasteiger partial charge in [0.05, 0.1) is 61.1 Å². The number of rotatable bonds is 8. The van der Waals surface area contributed by atoms with Crippen LogP contribution in [-0.2, 0) is 24.8 Å². The Morgan fingerprint density at radius 3 is 2.38 bits per heavy atom. The molecule has 0 amide bonds. The molecule has 11 heteroatoms. The van der Waals surface area contributed by atoms with Crippen molar-refractivity contribution in [3.05, 3.63) is 24.3 Å². The van der Waals surface area contributed by atoms with Crippen LogP contribution in [0.15, 0.2) is 34.1 Å². The lowest BCUT2D eigenvalue weighted by molar-refractivity contribution is -0.903. The minimum atomic E-state index is -3.72. The first-order valence-electron chi connectivity index (χ1n) is 9.75. The Labute approximate surface area is 172 Å². The minimum Gasteiger partial charge on any atom is -0.377 e. The summed E-state index contributed by atoms with van der Waals surface area (Å²) in [5.74, 6) is 0. The number of hydrogen-bond donors (Lipinski definition) is 2. The van der Waals surface area contributed by atoms with Gasteiger partial charge in [-0.05, 0) is 37.1 Å². The summed E-state index contributed by atoms with van der Waals surface area (Å²) in [6.07, 6.45) is 2.09. The average Bonchev–Trinajstić information content (AvgIpc) is 3.25. The summed E-state index contributed by atoms with van der Waals surface area (Å²) in [5, 5.41) is 8.67. The highest BCUT2D eigenvalue weighted by Crippen LogP contribution is 2.19. The quantitative estimate of drug-likeness (QED) is 0.529. The molecule has 160 valence electrons. The van der Waals surface area contributed by atoms with E-state index < -0.39 is 20.0 Å². The summed E-state index contributed by atoms with van der Waals surface area (Å²) in [5.41, 5.74) is 0. The number of nitriles is 1. The standard InChI is InChI=1S/C18H26N4O5S2/c19-8-2-9-21-10-12-22(13-11-21)29(25,26)18-6-4-17(5-7-18)28(23,24)20-15-16-3-1-14-27-16/h4-7,16,20H,1-3,9-15H2/p+1. The van der Waals surface area contributed by atoms with Crippen molar-refractivity contribution in [2.45, 2.75) is 35.2 Å². The zero-order valence-electron chi connectivity index (χ0n) is 16.2. The lowest BCUT2D eigenvalue weighted by Gasteiger charge is -2.31. The van der Waals surface area contributed by atoms with Gasteiger partial charge in [-0.25, -0.2) is 21.6 Å². The van der Waals surface area contributed by atoms with Gasteiger partial charge >= 0.3 is 0 Å². The number of hydrogen-bond acceptors (Lipinski definition) is 6. The van der Waals surface area contributed by atoms with Gasteiger partial charge in [-0.3, -0.25) is 0 Å². The molecule has 0 aliphatic carbocycles. The van der Waals surface area contributed by atoms with Gasteiger partial charge in [-0.2, -0.15) is 9.57 Å². The molecule has 2 fully saturated rings. The van der Waals surface area contributed by atoms with E-state index in [1.807, 2.05) is 0 Å². The number of piperazine rings is 1. The van der Waals surface area contributed by atoms with Crippen molar-refractivity contribution in [2.24, 2.45) is 0 Å². The molecule has 0 saturated carbocycles. The molecular formula is C18H27N4O5S2+. The first kappa shape index (κ1) is 22.1.